The molecule has 0 radical (unpaired) electrons. The molecular formula is C15H17IN2. The van der Waals surface area contributed by atoms with Gasteiger partial charge in [0.1, 0.15) is 0 Å². The van der Waals surface area contributed by atoms with Crippen LogP contribution in [0.4, 0.5) is 0 Å². The van der Waals surface area contributed by atoms with Crippen molar-refractivity contribution in [2.45, 2.75) is 19.4 Å². The first-order valence-corrected chi connectivity index (χ1v) is 7.25. The highest BCUT2D eigenvalue weighted by atomic mass is 127. The Morgan fingerprint density at radius 2 is 1.78 bits per heavy atom. The summed E-state index contributed by atoms with van der Waals surface area (Å²) in [6.07, 6.45) is 4.70. The summed E-state index contributed by atoms with van der Waals surface area (Å²) in [5.74, 6) is 0. The Morgan fingerprint density at radius 1 is 1.11 bits per heavy atom. The fourth-order valence-corrected chi connectivity index (χ4v) is 2.36. The van der Waals surface area contributed by atoms with Crippen molar-refractivity contribution in [3.63, 3.8) is 0 Å². The zero-order valence-electron chi connectivity index (χ0n) is 10.4. The molecule has 18 heavy (non-hydrogen) atoms. The van der Waals surface area contributed by atoms with Gasteiger partial charge in [0, 0.05) is 22.0 Å². The number of nitrogens with one attached hydrogen (secondary N) is 1. The third kappa shape index (κ3) is 3.78. The topological polar surface area (TPSA) is 24.9 Å². The molecule has 0 aliphatic carbocycles. The maximum atomic E-state index is 4.06. The number of nitrogens with zero attached hydrogens (tertiary/aromatic N) is 1. The van der Waals surface area contributed by atoms with Gasteiger partial charge in [0.25, 0.3) is 0 Å². The maximum Gasteiger partial charge on any atom is 0.0360 e. The van der Waals surface area contributed by atoms with Gasteiger partial charge in [-0.2, -0.15) is 0 Å². The number of hydrogen-bond acceptors (Lipinski definition) is 2. The second-order valence-corrected chi connectivity index (χ2v) is 5.47. The number of aromatic nitrogens is 1. The predicted molar refractivity (Wildman–Crippen MR) is 83.5 cm³/mol. The minimum absolute atomic E-state index is 0.370. The van der Waals surface area contributed by atoms with E-state index in [0.717, 1.165) is 13.0 Å². The van der Waals surface area contributed by atoms with E-state index in [1.165, 1.54) is 14.7 Å². The molecule has 0 fully saturated rings. The Balaban J connectivity index is 2.15. The van der Waals surface area contributed by atoms with Gasteiger partial charge in [0.2, 0.25) is 0 Å². The monoisotopic (exact) mass is 352 g/mol. The Morgan fingerprint density at radius 3 is 2.39 bits per heavy atom. The highest BCUT2D eigenvalue weighted by Crippen LogP contribution is 2.19. The largest absolute Gasteiger partial charge is 0.310 e. The summed E-state index contributed by atoms with van der Waals surface area (Å²) in [5, 5.41) is 3.54. The molecule has 1 unspecified atom stereocenters. The number of benzene rings is 1. The predicted octanol–water partition coefficient (Wildman–Crippen LogP) is 3.58. The van der Waals surface area contributed by atoms with Gasteiger partial charge < -0.3 is 5.32 Å². The van der Waals surface area contributed by atoms with E-state index in [4.69, 9.17) is 0 Å². The van der Waals surface area contributed by atoms with Crippen molar-refractivity contribution < 1.29 is 0 Å². The molecule has 1 atom stereocenters. The molecule has 0 saturated carbocycles. The number of halogens is 1. The minimum Gasteiger partial charge on any atom is -0.310 e. The summed E-state index contributed by atoms with van der Waals surface area (Å²) in [7, 11) is 0. The van der Waals surface area contributed by atoms with Crippen LogP contribution in [0.5, 0.6) is 0 Å². The number of pyridine rings is 1. The maximum absolute atomic E-state index is 4.06. The summed E-state index contributed by atoms with van der Waals surface area (Å²) in [6, 6.07) is 13.3. The molecule has 0 bridgehead atoms. The lowest BCUT2D eigenvalue weighted by Crippen LogP contribution is -2.22. The van der Waals surface area contributed by atoms with Crippen LogP contribution in [0.25, 0.3) is 0 Å². The second kappa shape index (κ2) is 6.85. The summed E-state index contributed by atoms with van der Waals surface area (Å²) in [5.41, 5.74) is 2.66. The smallest absolute Gasteiger partial charge is 0.0360 e. The SMILES string of the molecule is CCNC(Cc1ccncc1)c1ccc(I)cc1. The lowest BCUT2D eigenvalue weighted by Gasteiger charge is -2.18. The lowest BCUT2D eigenvalue weighted by atomic mass is 9.99. The average molecular weight is 352 g/mol. The van der Waals surface area contributed by atoms with Crippen LogP contribution in [0.15, 0.2) is 48.8 Å². The van der Waals surface area contributed by atoms with Gasteiger partial charge in [-0.25, -0.2) is 0 Å². The standard InChI is InChI=1S/C15H17IN2/c1-2-18-15(11-12-7-9-17-10-8-12)13-3-5-14(16)6-4-13/h3-10,15,18H,2,11H2,1H3. The molecule has 0 aliphatic heterocycles. The number of hydrogen-bond donors (Lipinski definition) is 1. The Bertz CT molecular complexity index is 468. The van der Waals surface area contributed by atoms with Crippen molar-refractivity contribution in [3.8, 4) is 0 Å². The summed E-state index contributed by atoms with van der Waals surface area (Å²) >= 11 is 2.34. The summed E-state index contributed by atoms with van der Waals surface area (Å²) in [4.78, 5) is 4.06. The molecule has 94 valence electrons. The first-order chi connectivity index (χ1) is 8.79. The van der Waals surface area contributed by atoms with Crippen LogP contribution in [0, 0.1) is 3.57 Å². The molecule has 2 nitrogen and oxygen atoms in total. The van der Waals surface area contributed by atoms with E-state index in [9.17, 15) is 0 Å². The highest BCUT2D eigenvalue weighted by Gasteiger charge is 2.10. The molecule has 1 aromatic carbocycles. The molecular weight excluding hydrogens is 335 g/mol. The van der Waals surface area contributed by atoms with Crippen LogP contribution in [0.2, 0.25) is 0 Å². The van der Waals surface area contributed by atoms with Crippen molar-refractivity contribution in [2.75, 3.05) is 6.54 Å². The summed E-state index contributed by atoms with van der Waals surface area (Å²) < 4.78 is 1.27. The third-order valence-corrected chi connectivity index (χ3v) is 3.63. The van der Waals surface area contributed by atoms with E-state index in [2.05, 4.69) is 76.2 Å². The molecule has 0 spiro atoms. The van der Waals surface area contributed by atoms with E-state index >= 15 is 0 Å². The van der Waals surface area contributed by atoms with Gasteiger partial charge >= 0.3 is 0 Å². The van der Waals surface area contributed by atoms with Gasteiger partial charge in [0.15, 0.2) is 0 Å². The Kier molecular flexibility index (Phi) is 5.13. The fourth-order valence-electron chi connectivity index (χ4n) is 2.00. The van der Waals surface area contributed by atoms with Gasteiger partial charge in [-0.15, -0.1) is 0 Å². The normalized spacial score (nSPS) is 12.3. The first kappa shape index (κ1) is 13.5. The molecule has 1 N–H and O–H groups in total. The average Bonchev–Trinajstić information content (AvgIpc) is 2.40. The number of rotatable bonds is 5. The Labute approximate surface area is 122 Å². The van der Waals surface area contributed by atoms with Gasteiger partial charge in [-0.3, -0.25) is 4.98 Å². The van der Waals surface area contributed by atoms with E-state index in [1.54, 1.807) is 0 Å². The van der Waals surface area contributed by atoms with Crippen molar-refractivity contribution in [1.82, 2.24) is 10.3 Å². The lowest BCUT2D eigenvalue weighted by molar-refractivity contribution is 0.549. The van der Waals surface area contributed by atoms with Crippen molar-refractivity contribution in [3.05, 3.63) is 63.5 Å². The first-order valence-electron chi connectivity index (χ1n) is 6.17. The van der Waals surface area contributed by atoms with E-state index in [0.29, 0.717) is 6.04 Å². The molecule has 3 heteroatoms. The molecule has 2 rings (SSSR count). The van der Waals surface area contributed by atoms with Crippen LogP contribution in [-0.2, 0) is 6.42 Å². The van der Waals surface area contributed by atoms with E-state index in [1.807, 2.05) is 12.4 Å². The van der Waals surface area contributed by atoms with Crippen LogP contribution < -0.4 is 5.32 Å². The van der Waals surface area contributed by atoms with Crippen molar-refractivity contribution >= 4 is 22.6 Å². The number of likely N-dealkylation sites (N-methyl/N-ethyl adjacent to an activating group) is 1. The van der Waals surface area contributed by atoms with Crippen LogP contribution in [0.1, 0.15) is 24.1 Å². The Hall–Kier alpha value is -0.940. The molecule has 1 heterocycles. The molecule has 2 aromatic rings. The highest BCUT2D eigenvalue weighted by molar-refractivity contribution is 14.1. The van der Waals surface area contributed by atoms with Crippen LogP contribution >= 0.6 is 22.6 Å². The fraction of sp³-hybridized carbons (Fsp3) is 0.267. The molecule has 0 aliphatic rings. The zero-order chi connectivity index (χ0) is 12.8. The van der Waals surface area contributed by atoms with Crippen LogP contribution in [0.3, 0.4) is 0 Å². The molecule has 0 saturated heterocycles. The molecule has 0 amide bonds. The minimum atomic E-state index is 0.370. The van der Waals surface area contributed by atoms with Gasteiger partial charge in [-0.1, -0.05) is 19.1 Å². The van der Waals surface area contributed by atoms with E-state index in [-0.39, 0.29) is 0 Å². The quantitative estimate of drug-likeness (QED) is 0.832. The van der Waals surface area contributed by atoms with E-state index < -0.39 is 0 Å². The van der Waals surface area contributed by atoms with Gasteiger partial charge in [-0.05, 0) is 70.9 Å². The second-order valence-electron chi connectivity index (χ2n) is 4.22. The molecule has 1 aromatic heterocycles. The van der Waals surface area contributed by atoms with Gasteiger partial charge in [0.05, 0.1) is 0 Å². The van der Waals surface area contributed by atoms with Crippen molar-refractivity contribution in [2.24, 2.45) is 0 Å². The van der Waals surface area contributed by atoms with Crippen molar-refractivity contribution in [1.29, 1.82) is 0 Å². The third-order valence-electron chi connectivity index (χ3n) is 2.91. The zero-order valence-corrected chi connectivity index (χ0v) is 12.6. The summed E-state index contributed by atoms with van der Waals surface area (Å²) in [6.45, 7) is 3.12. The van der Waals surface area contributed by atoms with Crippen LogP contribution in [-0.4, -0.2) is 11.5 Å².